The molecule has 0 saturated heterocycles. The van der Waals surface area contributed by atoms with Crippen LogP contribution in [0.3, 0.4) is 0 Å². The maximum absolute atomic E-state index is 15.0. The highest BCUT2D eigenvalue weighted by atomic mass is 32.1. The minimum Gasteiger partial charge on any atom is -0.483 e. The van der Waals surface area contributed by atoms with E-state index in [0.717, 1.165) is 21.9 Å². The van der Waals surface area contributed by atoms with Crippen LogP contribution in [0.1, 0.15) is 11.1 Å². The molecule has 2 aromatic carbocycles. The van der Waals surface area contributed by atoms with Crippen molar-refractivity contribution >= 4 is 44.4 Å². The van der Waals surface area contributed by atoms with Gasteiger partial charge in [0.05, 0.1) is 46.4 Å². The number of halogens is 2. The average molecular weight is 536 g/mol. The molecule has 6 rings (SSSR count). The summed E-state index contributed by atoms with van der Waals surface area (Å²) in [5.74, 6) is -0.661. The first-order valence-corrected chi connectivity index (χ1v) is 12.4. The molecule has 0 saturated carbocycles. The quantitative estimate of drug-likeness (QED) is 0.296. The normalized spacial score (nSPS) is 14.4. The van der Waals surface area contributed by atoms with Crippen molar-refractivity contribution in [2.45, 2.75) is 19.4 Å². The van der Waals surface area contributed by atoms with E-state index in [1.165, 1.54) is 36.8 Å². The van der Waals surface area contributed by atoms with Gasteiger partial charge in [-0.25, -0.2) is 29.1 Å². The molecule has 1 N–H and O–H groups in total. The van der Waals surface area contributed by atoms with Crippen LogP contribution < -0.4 is 14.8 Å². The Bertz CT molecular complexity index is 1710. The standard InChI is InChI=1S/C26H19F2N5O4S/c1-12-5-15(22-18(6-12)32-21(35-2)10-30-22)25-33-19-8-17(27)23-16(24(19)38-25)7-14(37-23)11-36-26(34)31-13-3-4-20(28)29-9-13/h3-6,8-10,14H,7,11H2,1-2H3,(H,31,34). The predicted octanol–water partition coefficient (Wildman–Crippen LogP) is 5.45. The number of carbonyl (C=O) groups is 1. The van der Waals surface area contributed by atoms with Crippen LogP contribution in [0.5, 0.6) is 11.6 Å². The summed E-state index contributed by atoms with van der Waals surface area (Å²) >= 11 is 1.41. The van der Waals surface area contributed by atoms with E-state index in [-0.39, 0.29) is 18.0 Å². The molecule has 5 aromatic rings. The number of amides is 1. The molecule has 0 spiro atoms. The Balaban J connectivity index is 1.25. The number of ether oxygens (including phenoxy) is 3. The maximum Gasteiger partial charge on any atom is 0.411 e. The molecule has 192 valence electrons. The van der Waals surface area contributed by atoms with Gasteiger partial charge in [0.25, 0.3) is 0 Å². The van der Waals surface area contributed by atoms with Crippen molar-refractivity contribution in [3.05, 3.63) is 65.6 Å². The van der Waals surface area contributed by atoms with Crippen LogP contribution in [0.25, 0.3) is 31.8 Å². The van der Waals surface area contributed by atoms with Crippen LogP contribution in [0.15, 0.2) is 42.7 Å². The van der Waals surface area contributed by atoms with E-state index < -0.39 is 24.0 Å². The molecule has 1 aliphatic rings. The summed E-state index contributed by atoms with van der Waals surface area (Å²) < 4.78 is 44.9. The lowest BCUT2D eigenvalue weighted by molar-refractivity contribution is 0.100. The predicted molar refractivity (Wildman–Crippen MR) is 137 cm³/mol. The molecule has 1 unspecified atom stereocenters. The van der Waals surface area contributed by atoms with Gasteiger partial charge in [-0.1, -0.05) is 0 Å². The minimum absolute atomic E-state index is 0.109. The molecule has 0 bridgehead atoms. The Labute approximate surface area is 218 Å². The Kier molecular flexibility index (Phi) is 5.95. The molecule has 0 radical (unpaired) electrons. The van der Waals surface area contributed by atoms with Gasteiger partial charge >= 0.3 is 6.09 Å². The minimum atomic E-state index is -0.757. The van der Waals surface area contributed by atoms with Crippen molar-refractivity contribution in [2.75, 3.05) is 19.0 Å². The third-order valence-electron chi connectivity index (χ3n) is 5.98. The number of pyridine rings is 1. The van der Waals surface area contributed by atoms with Crippen molar-refractivity contribution in [2.24, 2.45) is 0 Å². The largest absolute Gasteiger partial charge is 0.483 e. The number of aromatic nitrogens is 4. The molecule has 12 heteroatoms. The van der Waals surface area contributed by atoms with Gasteiger partial charge < -0.3 is 14.2 Å². The zero-order valence-corrected chi connectivity index (χ0v) is 20.9. The Hall–Kier alpha value is -4.45. The highest BCUT2D eigenvalue weighted by Gasteiger charge is 2.31. The van der Waals surface area contributed by atoms with E-state index in [4.69, 9.17) is 19.2 Å². The van der Waals surface area contributed by atoms with Crippen LogP contribution in [0.4, 0.5) is 19.3 Å². The van der Waals surface area contributed by atoms with Gasteiger partial charge in [-0.15, -0.1) is 11.3 Å². The topological polar surface area (TPSA) is 108 Å². The van der Waals surface area contributed by atoms with Crippen LogP contribution in [0.2, 0.25) is 0 Å². The van der Waals surface area contributed by atoms with E-state index >= 15 is 0 Å². The third-order valence-corrected chi connectivity index (χ3v) is 7.14. The smallest absolute Gasteiger partial charge is 0.411 e. The van der Waals surface area contributed by atoms with Gasteiger partial charge in [0, 0.05) is 23.6 Å². The van der Waals surface area contributed by atoms with Crippen molar-refractivity contribution in [3.8, 4) is 22.2 Å². The Morgan fingerprint density at radius 3 is 2.82 bits per heavy atom. The summed E-state index contributed by atoms with van der Waals surface area (Å²) in [6.45, 7) is 1.84. The number of thiazole rings is 1. The molecule has 0 aliphatic carbocycles. The van der Waals surface area contributed by atoms with E-state index in [2.05, 4.69) is 20.3 Å². The molecule has 38 heavy (non-hydrogen) atoms. The summed E-state index contributed by atoms with van der Waals surface area (Å²) in [6, 6.07) is 7.71. The fourth-order valence-corrected chi connectivity index (χ4v) is 5.43. The highest BCUT2D eigenvalue weighted by molar-refractivity contribution is 7.22. The number of carbonyl (C=O) groups excluding carboxylic acids is 1. The second-order valence-electron chi connectivity index (χ2n) is 8.66. The average Bonchev–Trinajstić information content (AvgIpc) is 3.53. The fraction of sp³-hybridized carbons (Fsp3) is 0.192. The van der Waals surface area contributed by atoms with Crippen LogP contribution in [-0.4, -0.2) is 45.8 Å². The summed E-state index contributed by atoms with van der Waals surface area (Å²) in [5, 5.41) is 3.13. The van der Waals surface area contributed by atoms with Crippen LogP contribution >= 0.6 is 11.3 Å². The second-order valence-corrected chi connectivity index (χ2v) is 9.66. The van der Waals surface area contributed by atoms with E-state index in [1.807, 2.05) is 19.1 Å². The first-order valence-electron chi connectivity index (χ1n) is 11.5. The number of methoxy groups -OCH3 is 1. The molecule has 1 amide bonds. The van der Waals surface area contributed by atoms with E-state index in [0.29, 0.717) is 39.4 Å². The van der Waals surface area contributed by atoms with E-state index in [1.54, 1.807) is 6.20 Å². The lowest BCUT2D eigenvalue weighted by Crippen LogP contribution is -2.25. The monoisotopic (exact) mass is 535 g/mol. The number of aryl methyl sites for hydroxylation is 1. The molecule has 4 heterocycles. The molecule has 1 atom stereocenters. The number of nitrogens with zero attached hydrogens (tertiary/aromatic N) is 4. The molecule has 9 nitrogen and oxygen atoms in total. The molecular weight excluding hydrogens is 516 g/mol. The zero-order chi connectivity index (χ0) is 26.4. The molecule has 3 aromatic heterocycles. The zero-order valence-electron chi connectivity index (χ0n) is 20.1. The number of benzene rings is 2. The van der Waals surface area contributed by atoms with Gasteiger partial charge in [0.15, 0.2) is 11.6 Å². The van der Waals surface area contributed by atoms with Crippen molar-refractivity contribution < 1.29 is 27.8 Å². The van der Waals surface area contributed by atoms with Crippen molar-refractivity contribution in [1.82, 2.24) is 19.9 Å². The number of fused-ring (bicyclic) bond motifs is 4. The molecular formula is C26H19F2N5O4S. The lowest BCUT2D eigenvalue weighted by atomic mass is 10.1. The Morgan fingerprint density at radius 2 is 2.03 bits per heavy atom. The highest BCUT2D eigenvalue weighted by Crippen LogP contribution is 2.43. The Morgan fingerprint density at radius 1 is 1.16 bits per heavy atom. The number of nitrogens with one attached hydrogen (secondary N) is 1. The first-order chi connectivity index (χ1) is 18.4. The molecule has 0 fully saturated rings. The first kappa shape index (κ1) is 23.9. The lowest BCUT2D eigenvalue weighted by Gasteiger charge is -2.12. The number of rotatable bonds is 5. The number of anilines is 1. The third kappa shape index (κ3) is 4.43. The van der Waals surface area contributed by atoms with Crippen LogP contribution in [0, 0.1) is 18.7 Å². The SMILES string of the molecule is COc1cnc2c(-c3nc4cc(F)c5c(c4s3)CC(COC(=O)Nc3ccc(F)nc3)O5)cc(C)cc2n1. The van der Waals surface area contributed by atoms with Gasteiger partial charge in [0.2, 0.25) is 11.8 Å². The van der Waals surface area contributed by atoms with Crippen LogP contribution in [-0.2, 0) is 11.2 Å². The number of hydrogen-bond donors (Lipinski definition) is 1. The van der Waals surface area contributed by atoms with Crippen molar-refractivity contribution in [3.63, 3.8) is 0 Å². The second kappa shape index (κ2) is 9.45. The number of hydrogen-bond acceptors (Lipinski definition) is 9. The summed E-state index contributed by atoms with van der Waals surface area (Å²) in [5.41, 5.74) is 4.55. The van der Waals surface area contributed by atoms with E-state index in [9.17, 15) is 13.6 Å². The van der Waals surface area contributed by atoms with Gasteiger partial charge in [-0.05, 0) is 36.8 Å². The van der Waals surface area contributed by atoms with Crippen molar-refractivity contribution in [1.29, 1.82) is 0 Å². The van der Waals surface area contributed by atoms with Gasteiger partial charge in [-0.3, -0.25) is 5.32 Å². The van der Waals surface area contributed by atoms with Gasteiger partial charge in [-0.2, -0.15) is 4.39 Å². The maximum atomic E-state index is 15.0. The summed E-state index contributed by atoms with van der Waals surface area (Å²) in [7, 11) is 1.53. The molecule has 1 aliphatic heterocycles. The fourth-order valence-electron chi connectivity index (χ4n) is 4.32. The summed E-state index contributed by atoms with van der Waals surface area (Å²) in [4.78, 5) is 29.3. The van der Waals surface area contributed by atoms with Gasteiger partial charge in [0.1, 0.15) is 17.7 Å². The summed E-state index contributed by atoms with van der Waals surface area (Å²) in [6.07, 6.45) is 1.72.